The number of halogens is 17. The monoisotopic (exact) mass is 692 g/mol. The van der Waals surface area contributed by atoms with E-state index in [0.717, 1.165) is 19.1 Å². The smallest absolute Gasteiger partial charge is 0.452 e. The van der Waals surface area contributed by atoms with E-state index in [1.807, 2.05) is 0 Å². The molecule has 1 unspecified atom stereocenters. The molecule has 0 aliphatic rings. The Labute approximate surface area is 238 Å². The predicted molar refractivity (Wildman–Crippen MR) is 112 cm³/mol. The number of esters is 1. The number of ether oxygens (including phenoxy) is 4. The van der Waals surface area contributed by atoms with Crippen LogP contribution in [0.1, 0.15) is 6.92 Å². The molecule has 0 amide bonds. The van der Waals surface area contributed by atoms with Crippen LogP contribution < -0.4 is 9.47 Å². The molecule has 45 heavy (non-hydrogen) atoms. The lowest BCUT2D eigenvalue weighted by molar-refractivity contribution is -0.547. The van der Waals surface area contributed by atoms with Crippen LogP contribution in [-0.2, 0) is 14.3 Å². The van der Waals surface area contributed by atoms with Crippen LogP contribution in [0, 0.1) is 0 Å². The highest BCUT2D eigenvalue weighted by Gasteiger charge is 2.85. The molecule has 2 aromatic carbocycles. The van der Waals surface area contributed by atoms with Gasteiger partial charge in [0, 0.05) is 0 Å². The molecule has 0 N–H and O–H groups in total. The maximum absolute atomic E-state index is 14.0. The molecule has 254 valence electrons. The summed E-state index contributed by atoms with van der Waals surface area (Å²) in [7, 11) is 0. The molecule has 22 heteroatoms. The molecule has 0 radical (unpaired) electrons. The normalized spacial score (nSPS) is 15.4. The van der Waals surface area contributed by atoms with E-state index in [2.05, 4.69) is 14.2 Å². The van der Waals surface area contributed by atoms with Gasteiger partial charge in [-0.25, -0.2) is 18.7 Å². The van der Waals surface area contributed by atoms with E-state index in [-0.39, 0.29) is 16.9 Å². The van der Waals surface area contributed by atoms with Crippen molar-refractivity contribution >= 4 is 5.97 Å². The van der Waals surface area contributed by atoms with Gasteiger partial charge >= 0.3 is 54.8 Å². The van der Waals surface area contributed by atoms with Crippen LogP contribution >= 0.6 is 0 Å². The highest BCUT2D eigenvalue weighted by molar-refractivity contribution is 5.77. The molecule has 0 aromatic heterocycles. The van der Waals surface area contributed by atoms with Gasteiger partial charge in [0.2, 0.25) is 0 Å². The summed E-state index contributed by atoms with van der Waals surface area (Å²) in [6.45, 7) is 0.905. The SMILES string of the molecule is C[C@H](F)C(=O)Oc1ccc(-c2ccc(OC(F)C(F)(F)OC(F)(F)C(F)(F)OC(F)(F)C(F)(F)C(F)(F)C(F)(F)F)cc2)cc1. The lowest BCUT2D eigenvalue weighted by Gasteiger charge is -2.36. The van der Waals surface area contributed by atoms with Crippen LogP contribution in [0.2, 0.25) is 0 Å². The Bertz CT molecular complexity index is 1310. The minimum atomic E-state index is -8.03. The van der Waals surface area contributed by atoms with Crippen molar-refractivity contribution in [3.63, 3.8) is 0 Å². The number of carbonyl (C=O) groups is 1. The molecule has 0 saturated heterocycles. The van der Waals surface area contributed by atoms with Crippen LogP contribution in [-0.4, -0.2) is 61.0 Å². The molecule has 5 nitrogen and oxygen atoms in total. The van der Waals surface area contributed by atoms with E-state index in [9.17, 15) is 79.4 Å². The molecule has 0 heterocycles. The fourth-order valence-electron chi connectivity index (χ4n) is 2.75. The Morgan fingerprint density at radius 3 is 1.38 bits per heavy atom. The van der Waals surface area contributed by atoms with Crippen molar-refractivity contribution in [2.24, 2.45) is 0 Å². The second kappa shape index (κ2) is 12.3. The Morgan fingerprint density at radius 2 is 0.978 bits per heavy atom. The first kappa shape index (κ1) is 37.6. The first-order valence-electron chi connectivity index (χ1n) is 11.2. The minimum absolute atomic E-state index is 0.0971. The first-order valence-corrected chi connectivity index (χ1v) is 11.2. The van der Waals surface area contributed by atoms with Crippen LogP contribution in [0.15, 0.2) is 48.5 Å². The van der Waals surface area contributed by atoms with Gasteiger partial charge in [-0.1, -0.05) is 24.3 Å². The summed E-state index contributed by atoms with van der Waals surface area (Å²) in [6.07, 6.45) is -43.0. The molecule has 0 aliphatic heterocycles. The van der Waals surface area contributed by atoms with Crippen molar-refractivity contribution in [3.8, 4) is 22.6 Å². The van der Waals surface area contributed by atoms with Gasteiger partial charge in [0.05, 0.1) is 0 Å². The number of alkyl halides is 17. The van der Waals surface area contributed by atoms with Gasteiger partial charge in [-0.05, 0) is 42.3 Å². The van der Waals surface area contributed by atoms with Gasteiger partial charge in [-0.2, -0.15) is 70.2 Å². The van der Waals surface area contributed by atoms with E-state index in [1.54, 1.807) is 0 Å². The van der Waals surface area contributed by atoms with Crippen LogP contribution in [0.25, 0.3) is 11.1 Å². The fourth-order valence-corrected chi connectivity index (χ4v) is 2.75. The zero-order valence-electron chi connectivity index (χ0n) is 21.2. The molecule has 0 spiro atoms. The summed E-state index contributed by atoms with van der Waals surface area (Å²) in [5.74, 6) is -18.2. The second-order valence-corrected chi connectivity index (χ2v) is 8.48. The van der Waals surface area contributed by atoms with Gasteiger partial charge in [-0.15, -0.1) is 0 Å². The summed E-state index contributed by atoms with van der Waals surface area (Å²) in [6, 6.07) is 8.31. The second-order valence-electron chi connectivity index (χ2n) is 8.48. The number of hydrogen-bond acceptors (Lipinski definition) is 5. The van der Waals surface area contributed by atoms with E-state index >= 15 is 0 Å². The van der Waals surface area contributed by atoms with E-state index < -0.39 is 66.7 Å². The van der Waals surface area contributed by atoms with Crippen molar-refractivity contribution in [3.05, 3.63) is 48.5 Å². The number of carbonyl (C=O) groups excluding carboxylic acids is 1. The molecule has 2 rings (SSSR count). The largest absolute Gasteiger partial charge is 0.460 e. The van der Waals surface area contributed by atoms with Gasteiger partial charge in [0.25, 0.3) is 0 Å². The molecule has 2 atom stereocenters. The van der Waals surface area contributed by atoms with Crippen molar-refractivity contribution in [1.29, 1.82) is 0 Å². The standard InChI is InChI=1S/C23H13F17O5/c1-10(24)15(41)42-13-6-2-11(3-7-13)12-4-8-14(9-5-12)43-16(25)17(26,27)44-22(37,38)23(39,40)45-21(35,36)19(30,31)18(28,29)20(32,33)34/h2-10,16H,1H3/t10-,16?/m0/s1. The summed E-state index contributed by atoms with van der Waals surface area (Å²) in [4.78, 5) is 11.2. The molecule has 0 saturated carbocycles. The number of benzene rings is 2. The third-order valence-corrected chi connectivity index (χ3v) is 5.06. The molecule has 0 bridgehead atoms. The van der Waals surface area contributed by atoms with Crippen molar-refractivity contribution in [2.75, 3.05) is 0 Å². The number of hydrogen-bond donors (Lipinski definition) is 0. The highest BCUT2D eigenvalue weighted by atomic mass is 19.4. The average Bonchev–Trinajstić information content (AvgIpc) is 2.87. The molecule has 0 fully saturated rings. The summed E-state index contributed by atoms with van der Waals surface area (Å²) >= 11 is 0. The highest BCUT2D eigenvalue weighted by Crippen LogP contribution is 2.56. The Morgan fingerprint density at radius 1 is 0.578 bits per heavy atom. The summed E-state index contributed by atoms with van der Waals surface area (Å²) < 4.78 is 235. The minimum Gasteiger partial charge on any atom is -0.452 e. The van der Waals surface area contributed by atoms with Gasteiger partial charge < -0.3 is 9.47 Å². The van der Waals surface area contributed by atoms with Crippen molar-refractivity contribution < 1.29 is 98.4 Å². The topological polar surface area (TPSA) is 54.0 Å². The first-order chi connectivity index (χ1) is 20.1. The maximum Gasteiger partial charge on any atom is 0.460 e. The third-order valence-electron chi connectivity index (χ3n) is 5.06. The van der Waals surface area contributed by atoms with Crippen LogP contribution in [0.5, 0.6) is 11.5 Å². The molecule has 2 aromatic rings. The molecule has 0 aliphatic carbocycles. The average molecular weight is 692 g/mol. The predicted octanol–water partition coefficient (Wildman–Crippen LogP) is 8.53. The lowest BCUT2D eigenvalue weighted by Crippen LogP contribution is -2.64. The molecular formula is C23H13F17O5. The van der Waals surface area contributed by atoms with E-state index in [1.165, 1.54) is 29.0 Å². The van der Waals surface area contributed by atoms with Crippen LogP contribution in [0.4, 0.5) is 74.6 Å². The quantitative estimate of drug-likeness (QED) is 0.120. The van der Waals surface area contributed by atoms with Crippen molar-refractivity contribution in [2.45, 2.75) is 61.9 Å². The third kappa shape index (κ3) is 8.00. The lowest BCUT2D eigenvalue weighted by atomic mass is 10.1. The van der Waals surface area contributed by atoms with Gasteiger partial charge in [0.15, 0.2) is 6.17 Å². The summed E-state index contributed by atoms with van der Waals surface area (Å²) in [5.41, 5.74) is 0.479. The molecular weight excluding hydrogens is 679 g/mol. The zero-order valence-corrected chi connectivity index (χ0v) is 21.2. The Balaban J connectivity index is 2.15. The Kier molecular flexibility index (Phi) is 10.3. The summed E-state index contributed by atoms with van der Waals surface area (Å²) in [5, 5.41) is 0. The fraction of sp³-hybridized carbons (Fsp3) is 0.435. The number of rotatable bonds is 13. The van der Waals surface area contributed by atoms with Gasteiger partial charge in [-0.3, -0.25) is 0 Å². The van der Waals surface area contributed by atoms with Gasteiger partial charge in [0.1, 0.15) is 11.5 Å². The van der Waals surface area contributed by atoms with Crippen molar-refractivity contribution in [1.82, 2.24) is 0 Å². The van der Waals surface area contributed by atoms with Crippen LogP contribution in [0.3, 0.4) is 0 Å². The van der Waals surface area contributed by atoms with E-state index in [0.29, 0.717) is 12.1 Å². The Hall–Kier alpha value is -3.56. The van der Waals surface area contributed by atoms with E-state index in [4.69, 9.17) is 0 Å². The zero-order chi connectivity index (χ0) is 35.0. The maximum atomic E-state index is 14.0.